The Labute approximate surface area is 184 Å². The number of carbonyl (C=O) groups is 2. The molecule has 0 radical (unpaired) electrons. The summed E-state index contributed by atoms with van der Waals surface area (Å²) in [5.41, 5.74) is 6.58. The average molecular weight is 442 g/mol. The molecule has 2 aromatic rings. The zero-order valence-corrected chi connectivity index (χ0v) is 18.0. The lowest BCUT2D eigenvalue weighted by atomic mass is 10.2. The molecule has 1 fully saturated rings. The summed E-state index contributed by atoms with van der Waals surface area (Å²) in [6, 6.07) is 12.5. The predicted molar refractivity (Wildman–Crippen MR) is 121 cm³/mol. The quantitative estimate of drug-likeness (QED) is 0.578. The number of amidine groups is 1. The van der Waals surface area contributed by atoms with Gasteiger partial charge in [-0.05, 0) is 73.6 Å². The van der Waals surface area contributed by atoms with Gasteiger partial charge in [-0.3, -0.25) is 9.59 Å². The molecule has 0 aliphatic carbocycles. The van der Waals surface area contributed by atoms with Crippen LogP contribution in [0, 0.1) is 0 Å². The number of amides is 2. The Morgan fingerprint density at radius 1 is 1.06 bits per heavy atom. The number of thioether (sulfide) groups is 1. The monoisotopic (exact) mass is 441 g/mol. The van der Waals surface area contributed by atoms with Gasteiger partial charge in [0.2, 0.25) is 0 Å². The van der Waals surface area contributed by atoms with Crippen molar-refractivity contribution in [2.45, 2.75) is 13.8 Å². The summed E-state index contributed by atoms with van der Waals surface area (Å²) in [6.07, 6.45) is 1.74. The van der Waals surface area contributed by atoms with Crippen molar-refractivity contribution >= 4 is 40.5 Å². The van der Waals surface area contributed by atoms with E-state index in [1.807, 2.05) is 38.1 Å². The van der Waals surface area contributed by atoms with Crippen LogP contribution in [0.15, 0.2) is 52.4 Å². The summed E-state index contributed by atoms with van der Waals surface area (Å²) in [4.78, 5) is 28.3. The molecule has 9 heteroatoms. The maximum atomic E-state index is 12.4. The van der Waals surface area contributed by atoms with Gasteiger partial charge in [0, 0.05) is 0 Å². The summed E-state index contributed by atoms with van der Waals surface area (Å²) in [6.45, 7) is 4.53. The number of hydrogen-bond acceptors (Lipinski definition) is 7. The molecular weight excluding hydrogens is 418 g/mol. The Morgan fingerprint density at radius 3 is 2.48 bits per heavy atom. The molecule has 0 spiro atoms. The van der Waals surface area contributed by atoms with Crippen LogP contribution in [0.2, 0.25) is 0 Å². The first kappa shape index (κ1) is 22.2. The Morgan fingerprint density at radius 2 is 1.81 bits per heavy atom. The smallest absolute Gasteiger partial charge is 0.264 e. The molecule has 3 rings (SSSR count). The number of carbonyl (C=O) groups excluding carboxylic acids is 2. The van der Waals surface area contributed by atoms with Gasteiger partial charge in [-0.15, -0.1) is 0 Å². The van der Waals surface area contributed by atoms with Gasteiger partial charge in [-0.25, -0.2) is 4.99 Å². The molecule has 0 atom stereocenters. The summed E-state index contributed by atoms with van der Waals surface area (Å²) in [7, 11) is 0. The molecule has 0 aromatic heterocycles. The van der Waals surface area contributed by atoms with Crippen LogP contribution in [-0.2, 0) is 9.59 Å². The first-order valence-electron chi connectivity index (χ1n) is 9.69. The molecule has 1 heterocycles. The van der Waals surface area contributed by atoms with Crippen molar-refractivity contribution in [1.29, 1.82) is 0 Å². The number of benzene rings is 2. The van der Waals surface area contributed by atoms with E-state index in [2.05, 4.69) is 10.3 Å². The van der Waals surface area contributed by atoms with Crippen molar-refractivity contribution in [3.63, 3.8) is 0 Å². The Kier molecular flexibility index (Phi) is 7.55. The van der Waals surface area contributed by atoms with Crippen molar-refractivity contribution in [2.24, 2.45) is 10.7 Å². The van der Waals surface area contributed by atoms with E-state index >= 15 is 0 Å². The second-order valence-electron chi connectivity index (χ2n) is 6.30. The number of nitrogens with two attached hydrogens (primary N) is 1. The standard InChI is InChI=1S/C22H23N3O5S/c1-3-28-16-8-6-15(7-9-16)24-22-25-21(27)19(31-22)12-14-5-10-17(30-13-20(23)26)18(11-14)29-4-2/h5-12H,3-4,13H2,1-2H3,(H2,23,26)(H,24,25,27). The first-order valence-corrected chi connectivity index (χ1v) is 10.5. The Bertz CT molecular complexity index is 1020. The van der Waals surface area contributed by atoms with Crippen LogP contribution in [0.25, 0.3) is 6.08 Å². The minimum Gasteiger partial charge on any atom is -0.494 e. The fourth-order valence-electron chi connectivity index (χ4n) is 2.68. The summed E-state index contributed by atoms with van der Waals surface area (Å²) in [5, 5.41) is 3.26. The number of nitrogens with zero attached hydrogens (tertiary/aromatic N) is 1. The molecule has 162 valence electrons. The average Bonchev–Trinajstić information content (AvgIpc) is 3.08. The number of primary amides is 1. The Hall–Kier alpha value is -3.46. The molecule has 2 amide bonds. The lowest BCUT2D eigenvalue weighted by Crippen LogP contribution is -2.20. The van der Waals surface area contributed by atoms with Gasteiger partial charge in [-0.1, -0.05) is 6.07 Å². The SMILES string of the molecule is CCOc1ccc(N=C2NC(=O)C(=Cc3ccc(OCC(N)=O)c(OCC)c3)S2)cc1. The van der Waals surface area contributed by atoms with Gasteiger partial charge in [0.25, 0.3) is 11.8 Å². The van der Waals surface area contributed by atoms with Gasteiger partial charge in [0.05, 0.1) is 23.8 Å². The second kappa shape index (κ2) is 10.5. The van der Waals surface area contributed by atoms with Crippen molar-refractivity contribution in [3.8, 4) is 17.2 Å². The molecule has 0 saturated carbocycles. The van der Waals surface area contributed by atoms with Gasteiger partial charge >= 0.3 is 0 Å². The minimum absolute atomic E-state index is 0.235. The first-order chi connectivity index (χ1) is 15.0. The molecule has 1 aliphatic heterocycles. The lowest BCUT2D eigenvalue weighted by Gasteiger charge is -2.11. The third-order valence-corrected chi connectivity index (χ3v) is 4.87. The van der Waals surface area contributed by atoms with E-state index in [9.17, 15) is 9.59 Å². The lowest BCUT2D eigenvalue weighted by molar-refractivity contribution is -0.120. The zero-order valence-electron chi connectivity index (χ0n) is 17.2. The van der Waals surface area contributed by atoms with Gasteiger partial charge in [-0.2, -0.15) is 0 Å². The van der Waals surface area contributed by atoms with E-state index < -0.39 is 5.91 Å². The fourth-order valence-corrected chi connectivity index (χ4v) is 3.53. The van der Waals surface area contributed by atoms with E-state index in [-0.39, 0.29) is 12.5 Å². The van der Waals surface area contributed by atoms with Crippen LogP contribution in [0.5, 0.6) is 17.2 Å². The highest BCUT2D eigenvalue weighted by Gasteiger charge is 2.24. The highest BCUT2D eigenvalue weighted by molar-refractivity contribution is 8.18. The largest absolute Gasteiger partial charge is 0.494 e. The molecule has 31 heavy (non-hydrogen) atoms. The zero-order chi connectivity index (χ0) is 22.2. The summed E-state index contributed by atoms with van der Waals surface area (Å²) < 4.78 is 16.4. The second-order valence-corrected chi connectivity index (χ2v) is 7.33. The fraction of sp³-hybridized carbons (Fsp3) is 0.227. The maximum Gasteiger partial charge on any atom is 0.264 e. The van der Waals surface area contributed by atoms with E-state index in [4.69, 9.17) is 19.9 Å². The Balaban J connectivity index is 1.76. The third kappa shape index (κ3) is 6.26. The molecule has 8 nitrogen and oxygen atoms in total. The van der Waals surface area contributed by atoms with Crippen molar-refractivity contribution in [2.75, 3.05) is 19.8 Å². The molecule has 3 N–H and O–H groups in total. The molecule has 1 aliphatic rings. The number of hydrogen-bond donors (Lipinski definition) is 2. The van der Waals surface area contributed by atoms with Crippen LogP contribution in [0.1, 0.15) is 19.4 Å². The van der Waals surface area contributed by atoms with Crippen LogP contribution >= 0.6 is 11.8 Å². The maximum absolute atomic E-state index is 12.4. The van der Waals surface area contributed by atoms with E-state index in [0.717, 1.165) is 11.3 Å². The molecule has 0 unspecified atom stereocenters. The minimum atomic E-state index is -0.577. The van der Waals surface area contributed by atoms with Crippen LogP contribution in [0.3, 0.4) is 0 Å². The summed E-state index contributed by atoms with van der Waals surface area (Å²) in [5.74, 6) is 0.825. The van der Waals surface area contributed by atoms with Gasteiger partial charge < -0.3 is 25.3 Å². The molecular formula is C22H23N3O5S. The molecule has 1 saturated heterocycles. The van der Waals surface area contributed by atoms with Crippen LogP contribution in [0.4, 0.5) is 5.69 Å². The van der Waals surface area contributed by atoms with Crippen molar-refractivity contribution < 1.29 is 23.8 Å². The van der Waals surface area contributed by atoms with E-state index in [1.165, 1.54) is 11.8 Å². The van der Waals surface area contributed by atoms with Crippen molar-refractivity contribution in [3.05, 3.63) is 52.9 Å². The highest BCUT2D eigenvalue weighted by atomic mass is 32.2. The molecule has 0 bridgehead atoms. The summed E-state index contributed by atoms with van der Waals surface area (Å²) >= 11 is 1.25. The van der Waals surface area contributed by atoms with Crippen molar-refractivity contribution in [1.82, 2.24) is 5.32 Å². The number of ether oxygens (including phenoxy) is 3. The van der Waals surface area contributed by atoms with Gasteiger partial charge in [0.15, 0.2) is 23.3 Å². The predicted octanol–water partition coefficient (Wildman–Crippen LogP) is 3.24. The highest BCUT2D eigenvalue weighted by Crippen LogP contribution is 2.32. The number of nitrogens with one attached hydrogen (secondary N) is 1. The van der Waals surface area contributed by atoms with Crippen LogP contribution < -0.4 is 25.3 Å². The third-order valence-electron chi connectivity index (χ3n) is 3.96. The van der Waals surface area contributed by atoms with Gasteiger partial charge in [0.1, 0.15) is 5.75 Å². The van der Waals surface area contributed by atoms with Crippen LogP contribution in [-0.4, -0.2) is 36.8 Å². The molecule has 2 aromatic carbocycles. The number of aliphatic imine (C=N–C) groups is 1. The van der Waals surface area contributed by atoms with E-state index in [0.29, 0.717) is 40.5 Å². The normalized spacial score (nSPS) is 15.7. The number of rotatable bonds is 9. The topological polar surface area (TPSA) is 112 Å². The van der Waals surface area contributed by atoms with E-state index in [1.54, 1.807) is 24.3 Å².